The van der Waals surface area contributed by atoms with Crippen molar-refractivity contribution in [2.24, 2.45) is 0 Å². The van der Waals surface area contributed by atoms with E-state index >= 15 is 0 Å². The van der Waals surface area contributed by atoms with Gasteiger partial charge in [-0.25, -0.2) is 14.4 Å². The van der Waals surface area contributed by atoms with Crippen LogP contribution in [0.15, 0.2) is 47.5 Å². The number of hydrogen-bond donors (Lipinski definition) is 1. The Morgan fingerprint density at radius 1 is 1.15 bits per heavy atom. The largest absolute Gasteiger partial charge is 0.355 e. The number of rotatable bonds is 6. The Kier molecular flexibility index (Phi) is 5.83. The maximum absolute atomic E-state index is 13.2. The van der Waals surface area contributed by atoms with E-state index in [0.29, 0.717) is 18.1 Å². The maximum atomic E-state index is 13.2. The first-order chi connectivity index (χ1) is 12.6. The lowest BCUT2D eigenvalue weighted by Crippen LogP contribution is -2.25. The molecule has 0 unspecified atom stereocenters. The summed E-state index contributed by atoms with van der Waals surface area (Å²) < 4.78 is 13.2. The summed E-state index contributed by atoms with van der Waals surface area (Å²) in [5.74, 6) is 0.509. The smallest absolute Gasteiger partial charge is 0.230 e. The van der Waals surface area contributed by atoms with Gasteiger partial charge in [-0.05, 0) is 55.3 Å². The number of carbonyl (C=O) groups is 1. The van der Waals surface area contributed by atoms with Gasteiger partial charge in [0.25, 0.3) is 0 Å². The van der Waals surface area contributed by atoms with Crippen LogP contribution >= 0.6 is 11.8 Å². The van der Waals surface area contributed by atoms with Crippen molar-refractivity contribution in [2.45, 2.75) is 25.3 Å². The minimum atomic E-state index is -0.299. The predicted molar refractivity (Wildman–Crippen MR) is 104 cm³/mol. The zero-order chi connectivity index (χ0) is 18.5. The van der Waals surface area contributed by atoms with Crippen LogP contribution in [0.2, 0.25) is 0 Å². The molecule has 3 rings (SSSR count). The van der Waals surface area contributed by atoms with Gasteiger partial charge in [0.15, 0.2) is 5.82 Å². The molecular formula is C20H20FN3OS. The number of aryl methyl sites for hydroxylation is 1. The lowest BCUT2D eigenvalue weighted by molar-refractivity contribution is -0.118. The van der Waals surface area contributed by atoms with Gasteiger partial charge in [-0.15, -0.1) is 0 Å². The highest BCUT2D eigenvalue weighted by Gasteiger charge is 2.12. The third-order valence-corrected chi connectivity index (χ3v) is 4.82. The molecule has 2 aromatic carbocycles. The standard InChI is InChI=1S/C20H20FN3OS/c1-3-10-22-18(25)12-26-20-16-9-4-13(2)11-17(16)23-19(24-20)14-5-7-15(21)8-6-14/h4-9,11H,3,10,12H2,1-2H3,(H,22,25). The monoisotopic (exact) mass is 369 g/mol. The molecule has 1 aromatic heterocycles. The van der Waals surface area contributed by atoms with Crippen molar-refractivity contribution < 1.29 is 9.18 Å². The van der Waals surface area contributed by atoms with Crippen LogP contribution in [0, 0.1) is 12.7 Å². The van der Waals surface area contributed by atoms with Gasteiger partial charge in [-0.1, -0.05) is 24.8 Å². The Balaban J connectivity index is 1.97. The molecule has 0 atom stereocenters. The van der Waals surface area contributed by atoms with Gasteiger partial charge in [-0.3, -0.25) is 4.79 Å². The fraction of sp³-hybridized carbons (Fsp3) is 0.250. The lowest BCUT2D eigenvalue weighted by Gasteiger charge is -2.09. The molecule has 0 aliphatic rings. The average Bonchev–Trinajstić information content (AvgIpc) is 2.64. The van der Waals surface area contributed by atoms with E-state index in [-0.39, 0.29) is 11.7 Å². The first-order valence-corrected chi connectivity index (χ1v) is 9.49. The van der Waals surface area contributed by atoms with Gasteiger partial charge in [-0.2, -0.15) is 0 Å². The number of nitrogens with zero attached hydrogens (tertiary/aromatic N) is 2. The van der Waals surface area contributed by atoms with Crippen molar-refractivity contribution in [2.75, 3.05) is 12.3 Å². The minimum absolute atomic E-state index is 0.0148. The van der Waals surface area contributed by atoms with Crippen LogP contribution in [0.3, 0.4) is 0 Å². The van der Waals surface area contributed by atoms with Gasteiger partial charge in [0.05, 0.1) is 11.3 Å². The summed E-state index contributed by atoms with van der Waals surface area (Å²) in [6.07, 6.45) is 0.904. The summed E-state index contributed by atoms with van der Waals surface area (Å²) >= 11 is 1.39. The molecule has 0 radical (unpaired) electrons. The van der Waals surface area contributed by atoms with Crippen molar-refractivity contribution in [3.8, 4) is 11.4 Å². The average molecular weight is 369 g/mol. The number of carbonyl (C=O) groups excluding carboxylic acids is 1. The zero-order valence-electron chi connectivity index (χ0n) is 14.8. The van der Waals surface area contributed by atoms with Crippen LogP contribution in [0.1, 0.15) is 18.9 Å². The molecule has 3 aromatic rings. The predicted octanol–water partition coefficient (Wildman–Crippen LogP) is 4.36. The Bertz CT molecular complexity index is 928. The molecule has 0 fully saturated rings. The molecule has 1 N–H and O–H groups in total. The molecule has 1 amide bonds. The summed E-state index contributed by atoms with van der Waals surface area (Å²) in [5, 5.41) is 4.53. The topological polar surface area (TPSA) is 54.9 Å². The molecule has 0 bridgehead atoms. The lowest BCUT2D eigenvalue weighted by atomic mass is 10.1. The normalized spacial score (nSPS) is 10.9. The molecule has 0 saturated carbocycles. The highest BCUT2D eigenvalue weighted by atomic mass is 32.2. The van der Waals surface area contributed by atoms with E-state index in [9.17, 15) is 9.18 Å². The summed E-state index contributed by atoms with van der Waals surface area (Å²) in [6, 6.07) is 12.1. The fourth-order valence-electron chi connectivity index (χ4n) is 2.50. The van der Waals surface area contributed by atoms with Crippen LogP contribution in [0.25, 0.3) is 22.3 Å². The number of thioether (sulfide) groups is 1. The number of hydrogen-bond acceptors (Lipinski definition) is 4. The summed E-state index contributed by atoms with van der Waals surface area (Å²) in [7, 11) is 0. The van der Waals surface area contributed by atoms with Gasteiger partial charge < -0.3 is 5.32 Å². The fourth-order valence-corrected chi connectivity index (χ4v) is 3.35. The SMILES string of the molecule is CCCNC(=O)CSc1nc(-c2ccc(F)cc2)nc2cc(C)ccc12. The molecule has 0 aliphatic carbocycles. The second kappa shape index (κ2) is 8.27. The van der Waals surface area contributed by atoms with Gasteiger partial charge in [0, 0.05) is 17.5 Å². The third kappa shape index (κ3) is 4.38. The number of amides is 1. The van der Waals surface area contributed by atoms with Gasteiger partial charge in [0.1, 0.15) is 10.8 Å². The molecule has 0 spiro atoms. The van der Waals surface area contributed by atoms with Crippen LogP contribution in [0.4, 0.5) is 4.39 Å². The molecule has 26 heavy (non-hydrogen) atoms. The molecule has 4 nitrogen and oxygen atoms in total. The van der Waals surface area contributed by atoms with E-state index < -0.39 is 0 Å². The van der Waals surface area contributed by atoms with Crippen molar-refractivity contribution in [1.29, 1.82) is 0 Å². The minimum Gasteiger partial charge on any atom is -0.355 e. The van der Waals surface area contributed by atoms with E-state index in [1.807, 2.05) is 32.0 Å². The molecular weight excluding hydrogens is 349 g/mol. The third-order valence-electron chi connectivity index (χ3n) is 3.83. The van der Waals surface area contributed by atoms with Crippen LogP contribution in [0.5, 0.6) is 0 Å². The Labute approximate surface area is 156 Å². The van der Waals surface area contributed by atoms with Crippen LogP contribution in [-0.4, -0.2) is 28.2 Å². The first-order valence-electron chi connectivity index (χ1n) is 8.50. The molecule has 0 saturated heterocycles. The quantitative estimate of drug-likeness (QED) is 0.518. The summed E-state index contributed by atoms with van der Waals surface area (Å²) in [4.78, 5) is 21.2. The summed E-state index contributed by atoms with van der Waals surface area (Å²) in [6.45, 7) is 4.69. The van der Waals surface area contributed by atoms with E-state index in [4.69, 9.17) is 0 Å². The second-order valence-corrected chi connectivity index (χ2v) is 6.98. The Morgan fingerprint density at radius 2 is 1.92 bits per heavy atom. The molecule has 1 heterocycles. The summed E-state index contributed by atoms with van der Waals surface area (Å²) in [5.41, 5.74) is 2.65. The number of halogens is 1. The van der Waals surface area contributed by atoms with Crippen LogP contribution in [-0.2, 0) is 4.79 Å². The number of benzene rings is 2. The maximum Gasteiger partial charge on any atom is 0.230 e. The van der Waals surface area contributed by atoms with Crippen LogP contribution < -0.4 is 5.32 Å². The van der Waals surface area contributed by atoms with Crippen molar-refractivity contribution in [3.05, 3.63) is 53.8 Å². The van der Waals surface area contributed by atoms with Crippen molar-refractivity contribution in [1.82, 2.24) is 15.3 Å². The number of fused-ring (bicyclic) bond motifs is 1. The van der Waals surface area contributed by atoms with E-state index in [2.05, 4.69) is 15.3 Å². The molecule has 0 aliphatic heterocycles. The Morgan fingerprint density at radius 3 is 2.65 bits per heavy atom. The Hall–Kier alpha value is -2.47. The molecule has 6 heteroatoms. The second-order valence-electron chi connectivity index (χ2n) is 6.02. The first kappa shape index (κ1) is 18.3. The molecule has 134 valence electrons. The van der Waals surface area contributed by atoms with Gasteiger partial charge in [0.2, 0.25) is 5.91 Å². The van der Waals surface area contributed by atoms with Crippen molar-refractivity contribution in [3.63, 3.8) is 0 Å². The highest BCUT2D eigenvalue weighted by molar-refractivity contribution is 8.00. The van der Waals surface area contributed by atoms with E-state index in [1.54, 1.807) is 12.1 Å². The van der Waals surface area contributed by atoms with Crippen molar-refractivity contribution >= 4 is 28.6 Å². The number of aromatic nitrogens is 2. The van der Waals surface area contributed by atoms with E-state index in [1.165, 1.54) is 23.9 Å². The van der Waals surface area contributed by atoms with Gasteiger partial charge >= 0.3 is 0 Å². The number of nitrogens with one attached hydrogen (secondary N) is 1. The zero-order valence-corrected chi connectivity index (χ0v) is 15.6. The highest BCUT2D eigenvalue weighted by Crippen LogP contribution is 2.29. The van der Waals surface area contributed by atoms with E-state index in [0.717, 1.165) is 33.5 Å².